The van der Waals surface area contributed by atoms with E-state index in [1.54, 1.807) is 24.7 Å². The zero-order chi connectivity index (χ0) is 21.7. The molecule has 156 valence electrons. The Bertz CT molecular complexity index is 1580. The van der Waals surface area contributed by atoms with Crippen LogP contribution in [0.25, 0.3) is 55.4 Å². The van der Waals surface area contributed by atoms with Gasteiger partial charge in [0.25, 0.3) is 0 Å². The Labute approximate surface area is 181 Å². The van der Waals surface area contributed by atoms with E-state index in [2.05, 4.69) is 36.4 Å². The minimum atomic E-state index is -0.364. The molecule has 0 fully saturated rings. The number of hydrogen-bond acceptors (Lipinski definition) is 4. The summed E-state index contributed by atoms with van der Waals surface area (Å²) in [6.45, 7) is 0. The number of pyridine rings is 1. The molecule has 0 aliphatic carbocycles. The second-order valence-corrected chi connectivity index (χ2v) is 7.53. The van der Waals surface area contributed by atoms with E-state index in [9.17, 15) is 4.39 Å². The lowest BCUT2D eigenvalue weighted by Gasteiger charge is -2.06. The summed E-state index contributed by atoms with van der Waals surface area (Å²) in [6, 6.07) is 12.8. The molecule has 6 aromatic rings. The minimum Gasteiger partial charge on any atom is -0.497 e. The highest BCUT2D eigenvalue weighted by atomic mass is 19.1. The lowest BCUT2D eigenvalue weighted by atomic mass is 10.0. The van der Waals surface area contributed by atoms with Gasteiger partial charge in [0.15, 0.2) is 0 Å². The van der Waals surface area contributed by atoms with Crippen LogP contribution in [0, 0.1) is 5.82 Å². The van der Waals surface area contributed by atoms with Crippen LogP contribution in [0.4, 0.5) is 4.39 Å². The predicted molar refractivity (Wildman–Crippen MR) is 121 cm³/mol. The molecular weight excluding hydrogens is 407 g/mol. The maximum absolute atomic E-state index is 14.1. The van der Waals surface area contributed by atoms with Gasteiger partial charge in [0.2, 0.25) is 0 Å². The number of ether oxygens (including phenoxy) is 1. The maximum Gasteiger partial charge on any atom is 0.127 e. The zero-order valence-electron chi connectivity index (χ0n) is 17.0. The van der Waals surface area contributed by atoms with Gasteiger partial charge in [-0.2, -0.15) is 10.2 Å². The molecule has 0 radical (unpaired) electrons. The fourth-order valence-corrected chi connectivity index (χ4v) is 4.05. The first-order valence-corrected chi connectivity index (χ1v) is 9.99. The van der Waals surface area contributed by atoms with Crippen LogP contribution in [0.2, 0.25) is 0 Å². The number of nitrogens with one attached hydrogen (secondary N) is 3. The van der Waals surface area contributed by atoms with E-state index in [-0.39, 0.29) is 5.82 Å². The molecule has 0 aliphatic rings. The Morgan fingerprint density at radius 3 is 2.66 bits per heavy atom. The molecule has 32 heavy (non-hydrogen) atoms. The van der Waals surface area contributed by atoms with Crippen molar-refractivity contribution in [2.45, 2.75) is 0 Å². The SMILES string of the molecule is COc1cc(F)cc(-c2cncc3[nH]c(-c4n[nH]c5ccc(-c6cn[nH]c6)cc45)cc23)c1. The maximum atomic E-state index is 14.1. The first-order chi connectivity index (χ1) is 15.7. The third-order valence-electron chi connectivity index (χ3n) is 5.61. The van der Waals surface area contributed by atoms with Crippen LogP contribution in [0.1, 0.15) is 0 Å². The summed E-state index contributed by atoms with van der Waals surface area (Å²) in [7, 11) is 1.52. The summed E-state index contributed by atoms with van der Waals surface area (Å²) in [5.74, 6) is 0.0926. The zero-order valence-corrected chi connectivity index (χ0v) is 17.0. The average molecular weight is 424 g/mol. The van der Waals surface area contributed by atoms with Gasteiger partial charge in [0.1, 0.15) is 17.3 Å². The Balaban J connectivity index is 1.51. The topological polar surface area (TPSA) is 95.3 Å². The number of fused-ring (bicyclic) bond motifs is 2. The molecule has 0 atom stereocenters. The van der Waals surface area contributed by atoms with Crippen LogP contribution in [0.15, 0.2) is 67.3 Å². The molecule has 0 amide bonds. The summed E-state index contributed by atoms with van der Waals surface area (Å²) in [4.78, 5) is 7.76. The molecule has 4 aromatic heterocycles. The predicted octanol–water partition coefficient (Wildman–Crippen LogP) is 5.31. The van der Waals surface area contributed by atoms with Crippen molar-refractivity contribution < 1.29 is 9.13 Å². The van der Waals surface area contributed by atoms with Gasteiger partial charge in [-0.1, -0.05) is 6.07 Å². The van der Waals surface area contributed by atoms with Crippen LogP contribution in [0.5, 0.6) is 5.75 Å². The van der Waals surface area contributed by atoms with Crippen molar-refractivity contribution in [3.63, 3.8) is 0 Å². The van der Waals surface area contributed by atoms with Gasteiger partial charge in [-0.05, 0) is 41.5 Å². The van der Waals surface area contributed by atoms with E-state index in [0.29, 0.717) is 11.3 Å². The van der Waals surface area contributed by atoms with Gasteiger partial charge in [0, 0.05) is 40.4 Å². The first-order valence-electron chi connectivity index (χ1n) is 9.99. The number of hydrogen-bond donors (Lipinski definition) is 3. The van der Waals surface area contributed by atoms with Crippen molar-refractivity contribution >= 4 is 21.8 Å². The van der Waals surface area contributed by atoms with Gasteiger partial charge in [-0.25, -0.2) is 4.39 Å². The molecule has 3 N–H and O–H groups in total. The molecule has 0 saturated heterocycles. The highest BCUT2D eigenvalue weighted by Gasteiger charge is 2.15. The molecule has 0 bridgehead atoms. The van der Waals surface area contributed by atoms with Crippen molar-refractivity contribution in [2.24, 2.45) is 0 Å². The number of nitrogens with zero attached hydrogens (tertiary/aromatic N) is 3. The highest BCUT2D eigenvalue weighted by molar-refractivity contribution is 6.01. The van der Waals surface area contributed by atoms with E-state index in [1.807, 2.05) is 24.4 Å². The van der Waals surface area contributed by atoms with Crippen LogP contribution in [-0.4, -0.2) is 37.5 Å². The highest BCUT2D eigenvalue weighted by Crippen LogP contribution is 2.35. The van der Waals surface area contributed by atoms with Gasteiger partial charge in [-0.15, -0.1) is 0 Å². The second-order valence-electron chi connectivity index (χ2n) is 7.53. The van der Waals surface area contributed by atoms with Gasteiger partial charge >= 0.3 is 0 Å². The number of halogens is 1. The molecule has 0 saturated carbocycles. The number of H-pyrrole nitrogens is 3. The first kappa shape index (κ1) is 18.3. The number of rotatable bonds is 4. The smallest absolute Gasteiger partial charge is 0.127 e. The minimum absolute atomic E-state index is 0.364. The summed E-state index contributed by atoms with van der Waals surface area (Å²) < 4.78 is 19.4. The Morgan fingerprint density at radius 2 is 1.81 bits per heavy atom. The largest absolute Gasteiger partial charge is 0.497 e. The fraction of sp³-hybridized carbons (Fsp3) is 0.0417. The van der Waals surface area contributed by atoms with Crippen molar-refractivity contribution in [1.29, 1.82) is 0 Å². The van der Waals surface area contributed by atoms with E-state index >= 15 is 0 Å². The molecule has 2 aromatic carbocycles. The van der Waals surface area contributed by atoms with E-state index < -0.39 is 0 Å². The third kappa shape index (κ3) is 2.92. The standard InChI is InChI=1S/C24H17FN6O/c1-32-17-5-14(4-16(25)7-17)20-11-26-12-23-18(20)8-22(29-23)24-19-6-13(15-9-27-28-10-15)2-3-21(19)30-31-24/h2-12,29H,1H3,(H,27,28)(H,30,31). The molecule has 4 heterocycles. The Hall–Kier alpha value is -4.46. The monoisotopic (exact) mass is 424 g/mol. The molecule has 0 unspecified atom stereocenters. The summed E-state index contributed by atoms with van der Waals surface area (Å²) in [5.41, 5.74) is 6.95. The molecule has 7 nitrogen and oxygen atoms in total. The lowest BCUT2D eigenvalue weighted by Crippen LogP contribution is -1.88. The third-order valence-corrected chi connectivity index (χ3v) is 5.61. The molecule has 0 spiro atoms. The van der Waals surface area contributed by atoms with Crippen molar-refractivity contribution in [3.05, 3.63) is 73.1 Å². The van der Waals surface area contributed by atoms with Crippen molar-refractivity contribution in [1.82, 2.24) is 30.4 Å². The molecule has 0 aliphatic heterocycles. The van der Waals surface area contributed by atoms with Crippen LogP contribution in [-0.2, 0) is 0 Å². The number of benzene rings is 2. The summed E-state index contributed by atoms with van der Waals surface area (Å²) in [5, 5.41) is 16.4. The second kappa shape index (κ2) is 7.05. The fourth-order valence-electron chi connectivity index (χ4n) is 4.05. The van der Waals surface area contributed by atoms with Crippen molar-refractivity contribution in [3.8, 4) is 39.4 Å². The van der Waals surface area contributed by atoms with Crippen molar-refractivity contribution in [2.75, 3.05) is 7.11 Å². The van der Waals surface area contributed by atoms with Gasteiger partial charge in [0.05, 0.1) is 36.2 Å². The Morgan fingerprint density at radius 1 is 0.875 bits per heavy atom. The van der Waals surface area contributed by atoms with E-state index in [4.69, 9.17) is 4.74 Å². The normalized spacial score (nSPS) is 11.4. The molecule has 8 heteroatoms. The number of methoxy groups -OCH3 is 1. The van der Waals surface area contributed by atoms with Gasteiger partial charge in [-0.3, -0.25) is 15.2 Å². The summed E-state index contributed by atoms with van der Waals surface area (Å²) >= 11 is 0. The van der Waals surface area contributed by atoms with Crippen LogP contribution < -0.4 is 4.74 Å². The molecule has 6 rings (SSSR count). The molecular formula is C24H17FN6O. The number of aromatic amines is 3. The average Bonchev–Trinajstić information content (AvgIpc) is 3.56. The van der Waals surface area contributed by atoms with Gasteiger partial charge < -0.3 is 9.72 Å². The number of aromatic nitrogens is 6. The lowest BCUT2D eigenvalue weighted by molar-refractivity contribution is 0.411. The van der Waals surface area contributed by atoms with Crippen LogP contribution >= 0.6 is 0 Å². The quantitative estimate of drug-likeness (QED) is 0.357. The summed E-state index contributed by atoms with van der Waals surface area (Å²) in [6.07, 6.45) is 7.13. The van der Waals surface area contributed by atoms with E-state index in [1.165, 1.54) is 19.2 Å². The van der Waals surface area contributed by atoms with E-state index in [0.717, 1.165) is 49.9 Å². The van der Waals surface area contributed by atoms with Crippen LogP contribution in [0.3, 0.4) is 0 Å². The Kier molecular flexibility index (Phi) is 4.04.